The number of pyridine rings is 1. The minimum atomic E-state index is -2.48. The zero-order valence-corrected chi connectivity index (χ0v) is 19.9. The van der Waals surface area contributed by atoms with E-state index in [-0.39, 0.29) is 6.42 Å². The summed E-state index contributed by atoms with van der Waals surface area (Å²) in [4.78, 5) is 2.38. The lowest BCUT2D eigenvalue weighted by atomic mass is 9.83. The van der Waals surface area contributed by atoms with Gasteiger partial charge < -0.3 is 9.47 Å². The van der Waals surface area contributed by atoms with Crippen LogP contribution in [0.15, 0.2) is 52.8 Å². The van der Waals surface area contributed by atoms with Gasteiger partial charge in [0.05, 0.1) is 7.18 Å². The van der Waals surface area contributed by atoms with Crippen molar-refractivity contribution in [3.8, 4) is 0 Å². The maximum Gasteiger partial charge on any atom is 0.251 e. The van der Waals surface area contributed by atoms with Gasteiger partial charge in [-0.1, -0.05) is 38.1 Å². The number of hydrogen-bond donors (Lipinski definition) is 0. The number of nitrogens with zero attached hydrogens (tertiary/aromatic N) is 4. The molecule has 4 nitrogen and oxygen atoms in total. The summed E-state index contributed by atoms with van der Waals surface area (Å²) in [6, 6.07) is 12.9. The highest BCUT2D eigenvalue weighted by atomic mass is 19.3. The summed E-state index contributed by atoms with van der Waals surface area (Å²) in [7, 11) is 0.500. The van der Waals surface area contributed by atoms with E-state index in [4.69, 9.17) is 0 Å². The number of rotatable bonds is 7. The predicted octanol–water partition coefficient (Wildman–Crippen LogP) is 6.14. The van der Waals surface area contributed by atoms with Crippen molar-refractivity contribution >= 4 is 12.4 Å². The van der Waals surface area contributed by atoms with E-state index < -0.39 is 11.8 Å². The van der Waals surface area contributed by atoms with Crippen LogP contribution in [-0.4, -0.2) is 37.5 Å². The Balaban J connectivity index is 0.00000149. The van der Waals surface area contributed by atoms with Crippen molar-refractivity contribution in [2.24, 2.45) is 16.1 Å². The van der Waals surface area contributed by atoms with Crippen LogP contribution >= 0.6 is 0 Å². The molecule has 2 heterocycles. The average Bonchev–Trinajstić information content (AvgIpc) is 3.46. The van der Waals surface area contributed by atoms with Crippen molar-refractivity contribution in [1.82, 2.24) is 4.57 Å². The molecule has 4 rings (SSSR count). The summed E-state index contributed by atoms with van der Waals surface area (Å²) in [6.07, 6.45) is 4.63. The lowest BCUT2D eigenvalue weighted by molar-refractivity contribution is 0.0959. The molecule has 1 saturated heterocycles. The molecule has 0 spiro atoms. The van der Waals surface area contributed by atoms with Crippen LogP contribution in [0.4, 0.5) is 18.9 Å². The number of piperidine rings is 1. The number of aryl methyl sites for hydroxylation is 1. The zero-order chi connectivity index (χ0) is 24.0. The smallest absolute Gasteiger partial charge is 0.251 e. The van der Waals surface area contributed by atoms with E-state index in [1.54, 1.807) is 0 Å². The zero-order valence-electron chi connectivity index (χ0n) is 19.9. The van der Waals surface area contributed by atoms with Gasteiger partial charge in [-0.05, 0) is 48.3 Å². The highest BCUT2D eigenvalue weighted by Gasteiger charge is 2.55. The fourth-order valence-corrected chi connectivity index (χ4v) is 4.79. The van der Waals surface area contributed by atoms with Gasteiger partial charge in [0.25, 0.3) is 5.92 Å². The summed E-state index contributed by atoms with van der Waals surface area (Å²) in [5.41, 5.74) is 4.72. The summed E-state index contributed by atoms with van der Waals surface area (Å²) >= 11 is 0. The molecule has 180 valence electrons. The topological polar surface area (TPSA) is 32.9 Å². The largest absolute Gasteiger partial charge is 0.371 e. The second kappa shape index (κ2) is 11.0. The molecule has 1 unspecified atom stereocenters. The molecule has 1 aliphatic heterocycles. The summed E-state index contributed by atoms with van der Waals surface area (Å²) in [5, 5.41) is 7.84. The van der Waals surface area contributed by atoms with E-state index in [0.29, 0.717) is 37.5 Å². The summed E-state index contributed by atoms with van der Waals surface area (Å²) < 4.78 is 37.8. The van der Waals surface area contributed by atoms with Crippen LogP contribution in [0.25, 0.3) is 0 Å². The van der Waals surface area contributed by atoms with E-state index in [9.17, 15) is 13.2 Å². The normalized spacial score (nSPS) is 20.4. The Labute approximate surface area is 194 Å². The molecule has 2 fully saturated rings. The highest BCUT2D eigenvalue weighted by Crippen LogP contribution is 2.50. The molecule has 0 bridgehead atoms. The van der Waals surface area contributed by atoms with Crippen molar-refractivity contribution in [3.05, 3.63) is 59.2 Å². The standard InChI is InChI=1S/C25H32F2N4.CH3F/c1-18(2)22-6-4-5-7-23(22)19-8-12-30(13-9-19)21-11-15-31(24(16-21)29-28-3)14-10-20-17-25(20,26)27;1-2/h4-7,11,15-16,18-20H,3,8-10,12-14,17H2,1-2H3;1H3/b29-24-;. The number of alkyl halides is 3. The number of hydrogen-bond acceptors (Lipinski definition) is 3. The third-order valence-electron chi connectivity index (χ3n) is 6.76. The van der Waals surface area contributed by atoms with Gasteiger partial charge >= 0.3 is 0 Å². The van der Waals surface area contributed by atoms with Crippen molar-refractivity contribution in [2.45, 2.75) is 63.8 Å². The van der Waals surface area contributed by atoms with E-state index >= 15 is 0 Å². The van der Waals surface area contributed by atoms with Crippen LogP contribution in [0.1, 0.15) is 62.5 Å². The Hall–Kier alpha value is -2.57. The maximum atomic E-state index is 13.2. The molecule has 2 aromatic rings. The van der Waals surface area contributed by atoms with Crippen molar-refractivity contribution in [3.63, 3.8) is 0 Å². The molecule has 0 N–H and O–H groups in total. The Morgan fingerprint density at radius 3 is 2.39 bits per heavy atom. The molecule has 0 radical (unpaired) electrons. The lowest BCUT2D eigenvalue weighted by Gasteiger charge is -2.35. The van der Waals surface area contributed by atoms with Crippen LogP contribution in [0.2, 0.25) is 0 Å². The van der Waals surface area contributed by atoms with E-state index in [1.165, 1.54) is 11.1 Å². The van der Waals surface area contributed by atoms with Crippen LogP contribution in [0, 0.1) is 5.92 Å². The molecule has 2 aliphatic rings. The van der Waals surface area contributed by atoms with Crippen LogP contribution in [-0.2, 0) is 6.54 Å². The van der Waals surface area contributed by atoms with Crippen molar-refractivity contribution < 1.29 is 13.2 Å². The van der Waals surface area contributed by atoms with Crippen LogP contribution in [0.5, 0.6) is 0 Å². The first kappa shape index (κ1) is 25.1. The Morgan fingerprint density at radius 2 is 1.79 bits per heavy atom. The van der Waals surface area contributed by atoms with E-state index in [1.807, 2.05) is 16.8 Å². The van der Waals surface area contributed by atoms with Gasteiger partial charge in [0, 0.05) is 56.6 Å². The van der Waals surface area contributed by atoms with Crippen LogP contribution < -0.4 is 10.4 Å². The predicted molar refractivity (Wildman–Crippen MR) is 129 cm³/mol. The fourth-order valence-electron chi connectivity index (χ4n) is 4.79. The van der Waals surface area contributed by atoms with E-state index in [0.717, 1.165) is 31.6 Å². The van der Waals surface area contributed by atoms with Gasteiger partial charge in [-0.15, -0.1) is 5.10 Å². The Morgan fingerprint density at radius 1 is 1.12 bits per heavy atom. The molecule has 1 atom stereocenters. The first-order valence-electron chi connectivity index (χ1n) is 11.7. The van der Waals surface area contributed by atoms with Gasteiger partial charge in [0.15, 0.2) is 5.49 Å². The van der Waals surface area contributed by atoms with E-state index in [2.05, 4.69) is 66.0 Å². The molecule has 1 saturated carbocycles. The number of anilines is 1. The minimum Gasteiger partial charge on any atom is -0.371 e. The first-order chi connectivity index (χ1) is 15.9. The van der Waals surface area contributed by atoms with Crippen molar-refractivity contribution in [2.75, 3.05) is 25.2 Å². The van der Waals surface area contributed by atoms with Gasteiger partial charge in [-0.25, -0.2) is 8.78 Å². The summed E-state index contributed by atoms with van der Waals surface area (Å²) in [5.74, 6) is -1.86. The molecule has 0 amide bonds. The highest BCUT2D eigenvalue weighted by molar-refractivity contribution is 5.46. The second-order valence-electron chi connectivity index (χ2n) is 9.17. The van der Waals surface area contributed by atoms with Gasteiger partial charge in [0.1, 0.15) is 0 Å². The number of halogens is 3. The molecule has 1 aromatic heterocycles. The monoisotopic (exact) mass is 460 g/mol. The SMILES string of the molecule is C=N/N=c1/cc(N2CCC(c3ccccc3C(C)C)CC2)ccn1CCC1CC1(F)F.CF. The molecule has 1 aromatic carbocycles. The maximum absolute atomic E-state index is 13.2. The van der Waals surface area contributed by atoms with Gasteiger partial charge in [0.2, 0.25) is 0 Å². The summed E-state index contributed by atoms with van der Waals surface area (Å²) in [6.45, 7) is 10.5. The fraction of sp³-hybridized carbons (Fsp3) is 0.538. The van der Waals surface area contributed by atoms with Crippen LogP contribution in [0.3, 0.4) is 0 Å². The van der Waals surface area contributed by atoms with Crippen molar-refractivity contribution in [1.29, 1.82) is 0 Å². The number of aromatic nitrogens is 1. The molecular weight excluding hydrogens is 425 g/mol. The third kappa shape index (κ3) is 6.06. The first-order valence-corrected chi connectivity index (χ1v) is 11.7. The lowest BCUT2D eigenvalue weighted by Crippen LogP contribution is -2.34. The Kier molecular flexibility index (Phi) is 8.38. The third-order valence-corrected chi connectivity index (χ3v) is 6.76. The molecular formula is C26H35F3N4. The Bertz CT molecular complexity index is 991. The minimum absolute atomic E-state index is 0.00666. The molecule has 7 heteroatoms. The second-order valence-corrected chi connectivity index (χ2v) is 9.17. The van der Waals surface area contributed by atoms with Gasteiger partial charge in [-0.3, -0.25) is 4.39 Å². The molecule has 1 aliphatic carbocycles. The van der Waals surface area contributed by atoms with Gasteiger partial charge in [-0.2, -0.15) is 5.10 Å². The molecule has 33 heavy (non-hydrogen) atoms. The average molecular weight is 461 g/mol. The quantitative estimate of drug-likeness (QED) is 0.361. The number of benzene rings is 1.